The molecule has 0 saturated heterocycles. The van der Waals surface area contributed by atoms with Crippen LogP contribution in [0.25, 0.3) is 0 Å². The van der Waals surface area contributed by atoms with E-state index in [-0.39, 0.29) is 28.5 Å². The monoisotopic (exact) mass is 307 g/mol. The standard InChI is InChI=1S/C14H14FN3O2S/c15-10-5-3-9(4-6-10)11-8-12(11)18-14-13(21(16,19)20)2-1-7-17-14/h1-7,11-12H,8H2,(H,17,18)(H2,16,19,20)/t11-,12+/m0/s1. The minimum absolute atomic E-state index is 0.0187. The van der Waals surface area contributed by atoms with Crippen LogP contribution in [0.5, 0.6) is 0 Å². The van der Waals surface area contributed by atoms with Crippen molar-refractivity contribution in [1.29, 1.82) is 0 Å². The topological polar surface area (TPSA) is 85.1 Å². The zero-order valence-corrected chi connectivity index (χ0v) is 11.8. The van der Waals surface area contributed by atoms with E-state index in [2.05, 4.69) is 10.3 Å². The lowest BCUT2D eigenvalue weighted by Gasteiger charge is -2.09. The number of hydrogen-bond donors (Lipinski definition) is 2. The third-order valence-electron chi connectivity index (χ3n) is 3.49. The SMILES string of the molecule is NS(=O)(=O)c1cccnc1N[C@@H]1C[C@H]1c1ccc(F)cc1. The predicted octanol–water partition coefficient (Wildman–Crippen LogP) is 1.84. The van der Waals surface area contributed by atoms with Crippen LogP contribution in [0.15, 0.2) is 47.5 Å². The highest BCUT2D eigenvalue weighted by atomic mass is 32.2. The molecule has 1 fully saturated rings. The molecule has 0 radical (unpaired) electrons. The molecular weight excluding hydrogens is 293 g/mol. The first-order chi connectivity index (χ1) is 9.95. The Balaban J connectivity index is 1.77. The number of rotatable bonds is 4. The van der Waals surface area contributed by atoms with Gasteiger partial charge in [0, 0.05) is 18.2 Å². The molecular formula is C14H14FN3O2S. The van der Waals surface area contributed by atoms with E-state index in [1.165, 1.54) is 30.5 Å². The van der Waals surface area contributed by atoms with Crippen LogP contribution in [0.3, 0.4) is 0 Å². The summed E-state index contributed by atoms with van der Waals surface area (Å²) in [6, 6.07) is 9.32. The largest absolute Gasteiger partial charge is 0.366 e. The second-order valence-electron chi connectivity index (χ2n) is 5.04. The molecule has 3 N–H and O–H groups in total. The second kappa shape index (κ2) is 5.09. The summed E-state index contributed by atoms with van der Waals surface area (Å²) < 4.78 is 35.9. The minimum Gasteiger partial charge on any atom is -0.366 e. The average molecular weight is 307 g/mol. The maximum Gasteiger partial charge on any atom is 0.241 e. The van der Waals surface area contributed by atoms with Gasteiger partial charge in [-0.15, -0.1) is 0 Å². The molecule has 110 valence electrons. The molecule has 0 aliphatic heterocycles. The highest BCUT2D eigenvalue weighted by Gasteiger charge is 2.39. The molecule has 7 heteroatoms. The van der Waals surface area contributed by atoms with E-state index in [4.69, 9.17) is 5.14 Å². The third kappa shape index (κ3) is 3.03. The van der Waals surface area contributed by atoms with Gasteiger partial charge in [0.05, 0.1) is 0 Å². The number of anilines is 1. The number of aromatic nitrogens is 1. The van der Waals surface area contributed by atoms with Crippen LogP contribution in [0.1, 0.15) is 17.9 Å². The van der Waals surface area contributed by atoms with E-state index in [9.17, 15) is 12.8 Å². The Morgan fingerprint density at radius 1 is 1.24 bits per heavy atom. The summed E-state index contributed by atoms with van der Waals surface area (Å²) in [6.45, 7) is 0. The average Bonchev–Trinajstić information content (AvgIpc) is 3.18. The van der Waals surface area contributed by atoms with Crippen molar-refractivity contribution in [3.8, 4) is 0 Å². The molecule has 1 aliphatic rings. The quantitative estimate of drug-likeness (QED) is 0.902. The Labute approximate surface area is 122 Å². The van der Waals surface area contributed by atoms with Gasteiger partial charge in [0.15, 0.2) is 0 Å². The van der Waals surface area contributed by atoms with Gasteiger partial charge in [-0.1, -0.05) is 12.1 Å². The predicted molar refractivity (Wildman–Crippen MR) is 76.8 cm³/mol. The highest BCUT2D eigenvalue weighted by molar-refractivity contribution is 7.89. The van der Waals surface area contributed by atoms with Crippen molar-refractivity contribution in [3.05, 3.63) is 54.0 Å². The van der Waals surface area contributed by atoms with Gasteiger partial charge < -0.3 is 5.32 Å². The second-order valence-corrected chi connectivity index (χ2v) is 6.57. The fourth-order valence-corrected chi connectivity index (χ4v) is 2.99. The van der Waals surface area contributed by atoms with E-state index < -0.39 is 10.0 Å². The van der Waals surface area contributed by atoms with Crippen LogP contribution in [-0.4, -0.2) is 19.4 Å². The third-order valence-corrected chi connectivity index (χ3v) is 4.43. The number of halogens is 1. The normalized spacial score (nSPS) is 21.0. The fourth-order valence-electron chi connectivity index (χ4n) is 2.34. The lowest BCUT2D eigenvalue weighted by molar-refractivity contribution is 0.597. The number of nitrogens with zero attached hydrogens (tertiary/aromatic N) is 1. The molecule has 1 heterocycles. The van der Waals surface area contributed by atoms with Gasteiger partial charge in [-0.05, 0) is 36.2 Å². The van der Waals surface area contributed by atoms with E-state index in [1.807, 2.05) is 0 Å². The van der Waals surface area contributed by atoms with Gasteiger partial charge in [-0.25, -0.2) is 22.9 Å². The van der Waals surface area contributed by atoms with Crippen LogP contribution in [0.4, 0.5) is 10.2 Å². The zero-order chi connectivity index (χ0) is 15.0. The molecule has 1 aromatic heterocycles. The molecule has 0 bridgehead atoms. The molecule has 1 aromatic carbocycles. The number of pyridine rings is 1. The lowest BCUT2D eigenvalue weighted by atomic mass is 10.1. The molecule has 21 heavy (non-hydrogen) atoms. The number of nitrogens with two attached hydrogens (primary N) is 1. The lowest BCUT2D eigenvalue weighted by Crippen LogP contribution is -2.17. The molecule has 5 nitrogen and oxygen atoms in total. The van der Waals surface area contributed by atoms with Gasteiger partial charge >= 0.3 is 0 Å². The van der Waals surface area contributed by atoms with Gasteiger partial charge in [-0.2, -0.15) is 0 Å². The number of benzene rings is 1. The summed E-state index contributed by atoms with van der Waals surface area (Å²) in [5, 5.41) is 8.26. The van der Waals surface area contributed by atoms with Gasteiger partial charge in [0.25, 0.3) is 0 Å². The maximum absolute atomic E-state index is 12.9. The van der Waals surface area contributed by atoms with Gasteiger partial charge in [-0.3, -0.25) is 0 Å². The summed E-state index contributed by atoms with van der Waals surface area (Å²) in [7, 11) is -3.81. The number of sulfonamides is 1. The zero-order valence-electron chi connectivity index (χ0n) is 11.0. The summed E-state index contributed by atoms with van der Waals surface area (Å²) in [6.07, 6.45) is 2.35. The van der Waals surface area contributed by atoms with Crippen molar-refractivity contribution >= 4 is 15.8 Å². The Kier molecular flexibility index (Phi) is 3.38. The van der Waals surface area contributed by atoms with Crippen LogP contribution in [0.2, 0.25) is 0 Å². The van der Waals surface area contributed by atoms with Crippen molar-refractivity contribution in [1.82, 2.24) is 4.98 Å². The smallest absolute Gasteiger partial charge is 0.241 e. The van der Waals surface area contributed by atoms with Crippen molar-refractivity contribution in [3.63, 3.8) is 0 Å². The van der Waals surface area contributed by atoms with E-state index in [0.29, 0.717) is 0 Å². The summed E-state index contributed by atoms with van der Waals surface area (Å²) >= 11 is 0. The van der Waals surface area contributed by atoms with E-state index >= 15 is 0 Å². The fraction of sp³-hybridized carbons (Fsp3) is 0.214. The Morgan fingerprint density at radius 3 is 2.62 bits per heavy atom. The first kappa shape index (κ1) is 14.0. The Bertz CT molecular complexity index is 762. The molecule has 3 rings (SSSR count). The van der Waals surface area contributed by atoms with Crippen LogP contribution < -0.4 is 10.5 Å². The van der Waals surface area contributed by atoms with E-state index in [0.717, 1.165) is 12.0 Å². The molecule has 2 atom stereocenters. The summed E-state index contributed by atoms with van der Waals surface area (Å²) in [5.74, 6) is 0.209. The molecule has 1 aliphatic carbocycles. The van der Waals surface area contributed by atoms with Gasteiger partial charge in [0.1, 0.15) is 16.5 Å². The molecule has 2 aromatic rings. The highest BCUT2D eigenvalue weighted by Crippen LogP contribution is 2.43. The molecule has 0 unspecified atom stereocenters. The maximum atomic E-state index is 12.9. The van der Waals surface area contributed by atoms with Crippen molar-refractivity contribution < 1.29 is 12.8 Å². The minimum atomic E-state index is -3.81. The van der Waals surface area contributed by atoms with Gasteiger partial charge in [0.2, 0.25) is 10.0 Å². The van der Waals surface area contributed by atoms with Crippen molar-refractivity contribution in [2.24, 2.45) is 5.14 Å². The molecule has 0 spiro atoms. The molecule has 1 saturated carbocycles. The number of nitrogens with one attached hydrogen (secondary N) is 1. The van der Waals surface area contributed by atoms with Crippen LogP contribution in [-0.2, 0) is 10.0 Å². The van der Waals surface area contributed by atoms with E-state index in [1.54, 1.807) is 12.1 Å². The van der Waals surface area contributed by atoms with Crippen LogP contribution in [0, 0.1) is 5.82 Å². The Hall–Kier alpha value is -1.99. The van der Waals surface area contributed by atoms with Crippen molar-refractivity contribution in [2.75, 3.05) is 5.32 Å². The first-order valence-corrected chi connectivity index (χ1v) is 7.99. The molecule has 0 amide bonds. The Morgan fingerprint density at radius 2 is 1.95 bits per heavy atom. The number of hydrogen-bond acceptors (Lipinski definition) is 4. The summed E-state index contributed by atoms with van der Waals surface area (Å²) in [4.78, 5) is 4.02. The van der Waals surface area contributed by atoms with Crippen LogP contribution >= 0.6 is 0 Å². The summed E-state index contributed by atoms with van der Waals surface area (Å²) in [5.41, 5.74) is 1.02. The number of primary sulfonamides is 1. The first-order valence-electron chi connectivity index (χ1n) is 6.45. The van der Waals surface area contributed by atoms with Crippen molar-refractivity contribution in [2.45, 2.75) is 23.3 Å².